The predicted molar refractivity (Wildman–Crippen MR) is 75.9 cm³/mol. The van der Waals surface area contributed by atoms with Crippen LogP contribution in [0.1, 0.15) is 44.2 Å². The lowest BCUT2D eigenvalue weighted by Crippen LogP contribution is -2.25. The molecule has 3 N–H and O–H groups in total. The van der Waals surface area contributed by atoms with Gasteiger partial charge in [0.05, 0.1) is 12.5 Å². The minimum Gasteiger partial charge on any atom is -0.378 e. The van der Waals surface area contributed by atoms with Gasteiger partial charge in [-0.1, -0.05) is 12.1 Å². The van der Waals surface area contributed by atoms with Crippen molar-refractivity contribution in [2.75, 3.05) is 11.9 Å². The summed E-state index contributed by atoms with van der Waals surface area (Å²) in [6.07, 6.45) is 3.77. The molecule has 2 unspecified atom stereocenters. The highest BCUT2D eigenvalue weighted by Gasteiger charge is 2.17. The Morgan fingerprint density at radius 2 is 2.16 bits per heavy atom. The summed E-state index contributed by atoms with van der Waals surface area (Å²) in [6, 6.07) is 7.67. The number of anilines is 1. The van der Waals surface area contributed by atoms with Crippen molar-refractivity contribution in [2.45, 2.75) is 44.8 Å². The summed E-state index contributed by atoms with van der Waals surface area (Å²) >= 11 is 0. The van der Waals surface area contributed by atoms with Crippen LogP contribution in [0, 0.1) is 0 Å². The maximum absolute atomic E-state index is 11.9. The van der Waals surface area contributed by atoms with E-state index in [9.17, 15) is 4.79 Å². The van der Waals surface area contributed by atoms with Crippen molar-refractivity contribution >= 4 is 11.6 Å². The molecule has 1 aliphatic rings. The van der Waals surface area contributed by atoms with E-state index in [0.29, 0.717) is 6.42 Å². The molecule has 1 fully saturated rings. The smallest absolute Gasteiger partial charge is 0.226 e. The second-order valence-corrected chi connectivity index (χ2v) is 5.15. The molecule has 2 atom stereocenters. The highest BCUT2D eigenvalue weighted by molar-refractivity contribution is 5.91. The Labute approximate surface area is 114 Å². The second kappa shape index (κ2) is 6.68. The van der Waals surface area contributed by atoms with Gasteiger partial charge in [-0.15, -0.1) is 0 Å². The molecule has 1 amide bonds. The van der Waals surface area contributed by atoms with Gasteiger partial charge in [0.1, 0.15) is 0 Å². The zero-order valence-corrected chi connectivity index (χ0v) is 11.4. The maximum Gasteiger partial charge on any atom is 0.226 e. The number of benzene rings is 1. The van der Waals surface area contributed by atoms with E-state index in [0.717, 1.165) is 37.1 Å². The van der Waals surface area contributed by atoms with Gasteiger partial charge >= 0.3 is 0 Å². The Hall–Kier alpha value is -1.39. The van der Waals surface area contributed by atoms with E-state index in [1.54, 1.807) is 0 Å². The third kappa shape index (κ3) is 4.33. The van der Waals surface area contributed by atoms with Crippen molar-refractivity contribution in [3.63, 3.8) is 0 Å². The van der Waals surface area contributed by atoms with Crippen LogP contribution in [0.15, 0.2) is 24.3 Å². The van der Waals surface area contributed by atoms with E-state index >= 15 is 0 Å². The van der Waals surface area contributed by atoms with Crippen molar-refractivity contribution < 1.29 is 9.53 Å². The zero-order valence-electron chi connectivity index (χ0n) is 11.4. The van der Waals surface area contributed by atoms with Crippen LogP contribution in [0.4, 0.5) is 5.69 Å². The van der Waals surface area contributed by atoms with Crippen LogP contribution in [0.25, 0.3) is 0 Å². The van der Waals surface area contributed by atoms with Crippen LogP contribution in [0.2, 0.25) is 0 Å². The third-order valence-corrected chi connectivity index (χ3v) is 3.41. The van der Waals surface area contributed by atoms with E-state index < -0.39 is 0 Å². The molecule has 1 heterocycles. The fourth-order valence-corrected chi connectivity index (χ4v) is 2.26. The van der Waals surface area contributed by atoms with Gasteiger partial charge < -0.3 is 15.8 Å². The van der Waals surface area contributed by atoms with Crippen LogP contribution in [-0.2, 0) is 9.53 Å². The zero-order chi connectivity index (χ0) is 13.7. The lowest BCUT2D eigenvalue weighted by molar-refractivity contribution is -0.119. The molecule has 19 heavy (non-hydrogen) atoms. The van der Waals surface area contributed by atoms with Gasteiger partial charge in [0.25, 0.3) is 0 Å². The number of nitrogens with two attached hydrogens (primary N) is 1. The maximum atomic E-state index is 11.9. The first-order valence-electron chi connectivity index (χ1n) is 6.92. The molecule has 0 aromatic heterocycles. The minimum atomic E-state index is 0.0143. The van der Waals surface area contributed by atoms with Crippen LogP contribution >= 0.6 is 0 Å². The molecule has 1 saturated heterocycles. The summed E-state index contributed by atoms with van der Waals surface area (Å²) in [4.78, 5) is 11.9. The van der Waals surface area contributed by atoms with Gasteiger partial charge in [0.15, 0.2) is 0 Å². The topological polar surface area (TPSA) is 64.3 Å². The van der Waals surface area contributed by atoms with Crippen LogP contribution in [0.5, 0.6) is 0 Å². The first kappa shape index (κ1) is 14.0. The minimum absolute atomic E-state index is 0.0143. The number of amides is 1. The molecule has 0 saturated carbocycles. The fourth-order valence-electron chi connectivity index (χ4n) is 2.26. The second-order valence-electron chi connectivity index (χ2n) is 5.15. The third-order valence-electron chi connectivity index (χ3n) is 3.41. The first-order chi connectivity index (χ1) is 9.15. The normalized spacial score (nSPS) is 20.8. The Bertz CT molecular complexity index is 409. The van der Waals surface area contributed by atoms with Crippen molar-refractivity contribution in [1.82, 2.24) is 0 Å². The number of nitrogens with one attached hydrogen (secondary N) is 1. The van der Waals surface area contributed by atoms with Gasteiger partial charge in [-0.25, -0.2) is 0 Å². The predicted octanol–water partition coefficient (Wildman–Crippen LogP) is 2.60. The monoisotopic (exact) mass is 262 g/mol. The van der Waals surface area contributed by atoms with Crippen LogP contribution < -0.4 is 11.1 Å². The molecule has 4 heteroatoms. The number of carbonyl (C=O) groups is 1. The SMILES string of the molecule is CC(N)c1ccc(NC(=O)CC2CCCCO2)cc1. The molecule has 0 radical (unpaired) electrons. The molecule has 1 aromatic rings. The van der Waals surface area contributed by atoms with Crippen LogP contribution in [-0.4, -0.2) is 18.6 Å². The molecule has 2 rings (SSSR count). The van der Waals surface area contributed by atoms with Gasteiger partial charge in [-0.05, 0) is 43.9 Å². The van der Waals surface area contributed by atoms with Crippen molar-refractivity contribution in [3.05, 3.63) is 29.8 Å². The van der Waals surface area contributed by atoms with Gasteiger partial charge in [-0.2, -0.15) is 0 Å². The van der Waals surface area contributed by atoms with E-state index in [4.69, 9.17) is 10.5 Å². The number of ether oxygens (including phenoxy) is 1. The summed E-state index contributed by atoms with van der Waals surface area (Å²) in [7, 11) is 0. The molecule has 0 aliphatic carbocycles. The van der Waals surface area contributed by atoms with Crippen molar-refractivity contribution in [1.29, 1.82) is 0 Å². The molecule has 4 nitrogen and oxygen atoms in total. The van der Waals surface area contributed by atoms with Gasteiger partial charge in [-0.3, -0.25) is 4.79 Å². The number of hydrogen-bond donors (Lipinski definition) is 2. The molecule has 104 valence electrons. The van der Waals surface area contributed by atoms with Gasteiger partial charge in [0.2, 0.25) is 5.91 Å². The number of rotatable bonds is 4. The quantitative estimate of drug-likeness (QED) is 0.876. The summed E-state index contributed by atoms with van der Waals surface area (Å²) < 4.78 is 5.56. The highest BCUT2D eigenvalue weighted by atomic mass is 16.5. The average Bonchev–Trinajstić information content (AvgIpc) is 2.40. The molecule has 0 spiro atoms. The summed E-state index contributed by atoms with van der Waals surface area (Å²) in [5, 5.41) is 2.90. The van der Waals surface area contributed by atoms with Gasteiger partial charge in [0, 0.05) is 18.3 Å². The summed E-state index contributed by atoms with van der Waals surface area (Å²) in [5.74, 6) is 0.0143. The number of hydrogen-bond acceptors (Lipinski definition) is 3. The fraction of sp³-hybridized carbons (Fsp3) is 0.533. The average molecular weight is 262 g/mol. The first-order valence-corrected chi connectivity index (χ1v) is 6.92. The molecule has 1 aliphatic heterocycles. The summed E-state index contributed by atoms with van der Waals surface area (Å²) in [6.45, 7) is 2.72. The van der Waals surface area contributed by atoms with E-state index in [1.165, 1.54) is 0 Å². The highest BCUT2D eigenvalue weighted by Crippen LogP contribution is 2.18. The lowest BCUT2D eigenvalue weighted by atomic mass is 10.1. The van der Waals surface area contributed by atoms with E-state index in [2.05, 4.69) is 5.32 Å². The van der Waals surface area contributed by atoms with Crippen LogP contribution in [0.3, 0.4) is 0 Å². The van der Waals surface area contributed by atoms with Crippen molar-refractivity contribution in [2.24, 2.45) is 5.73 Å². The Morgan fingerprint density at radius 1 is 1.42 bits per heavy atom. The molecule has 0 bridgehead atoms. The Kier molecular flexibility index (Phi) is 4.93. The molecular weight excluding hydrogens is 240 g/mol. The Morgan fingerprint density at radius 3 is 2.74 bits per heavy atom. The van der Waals surface area contributed by atoms with Crippen molar-refractivity contribution in [3.8, 4) is 0 Å². The molecular formula is C15H22N2O2. The Balaban J connectivity index is 1.84. The molecule has 1 aromatic carbocycles. The lowest BCUT2D eigenvalue weighted by Gasteiger charge is -2.21. The standard InChI is InChI=1S/C15H22N2O2/c1-11(16)12-5-7-13(8-6-12)17-15(18)10-14-4-2-3-9-19-14/h5-8,11,14H,2-4,9-10,16H2,1H3,(H,17,18). The largest absolute Gasteiger partial charge is 0.378 e. The number of carbonyl (C=O) groups excluding carboxylic acids is 1. The van der Waals surface area contributed by atoms with E-state index in [1.807, 2.05) is 31.2 Å². The van der Waals surface area contributed by atoms with E-state index in [-0.39, 0.29) is 18.1 Å². The summed E-state index contributed by atoms with van der Waals surface area (Å²) in [5.41, 5.74) is 7.66.